The topological polar surface area (TPSA) is 137 Å². The quantitative estimate of drug-likeness (QED) is 0.0958. The second kappa shape index (κ2) is 19.8. The largest absolute Gasteiger partial charge is 0.497 e. The number of aromatic amines is 2. The molecule has 2 aliphatic rings. The third-order valence-corrected chi connectivity index (χ3v) is 13.4. The monoisotopic (exact) mass is 978 g/mol. The first-order valence-electron chi connectivity index (χ1n) is 24.3. The normalized spacial score (nSPS) is 11.6. The number of hydrogen-bond donors (Lipinski definition) is 2. The Morgan fingerprint density at radius 2 is 0.653 bits per heavy atom. The fraction of sp³-hybridized carbons (Fsp3) is 0.0469. The van der Waals surface area contributed by atoms with Crippen LogP contribution in [-0.2, 0) is 0 Å². The van der Waals surface area contributed by atoms with Crippen molar-refractivity contribution >= 4 is 52.3 Å². The van der Waals surface area contributed by atoms with Crippen molar-refractivity contribution in [2.75, 3.05) is 21.3 Å². The zero-order valence-electron chi connectivity index (χ0n) is 41.0. The third-order valence-electron chi connectivity index (χ3n) is 13.4. The zero-order valence-corrected chi connectivity index (χ0v) is 41.0. The number of carbonyl (C=O) groups excluding carboxylic acids is 1. The van der Waals surface area contributed by atoms with E-state index in [9.17, 15) is 4.79 Å². The maximum absolute atomic E-state index is 14.1. The number of rotatable bonds is 11. The summed E-state index contributed by atoms with van der Waals surface area (Å²) in [6.07, 6.45) is 15.2. The number of nitrogens with zero attached hydrogens (tertiary/aromatic N) is 4. The van der Waals surface area contributed by atoms with Crippen molar-refractivity contribution < 1.29 is 23.7 Å². The van der Waals surface area contributed by atoms with E-state index in [0.29, 0.717) is 11.3 Å². The number of aromatic nitrogens is 6. The highest BCUT2D eigenvalue weighted by molar-refractivity contribution is 6.00. The molecule has 11 nitrogen and oxygen atoms in total. The number of nitrogens with one attached hydrogen (secondary N) is 2. The van der Waals surface area contributed by atoms with Gasteiger partial charge in [0.1, 0.15) is 23.0 Å². The average Bonchev–Trinajstić information content (AvgIpc) is 4.33. The number of carbonyl (C=O) groups is 1. The fourth-order valence-corrected chi connectivity index (χ4v) is 9.72. The maximum atomic E-state index is 14.1. The Kier molecular flexibility index (Phi) is 12.1. The average molecular weight is 979 g/mol. The number of benzene rings is 5. The van der Waals surface area contributed by atoms with Crippen molar-refractivity contribution in [1.29, 1.82) is 0 Å². The lowest BCUT2D eigenvalue weighted by atomic mass is 9.97. The Bertz CT molecular complexity index is 3910. The molecule has 8 bridgehead atoms. The first-order chi connectivity index (χ1) is 36.9. The molecule has 11 heteroatoms. The molecule has 0 spiro atoms. The summed E-state index contributed by atoms with van der Waals surface area (Å²) in [4.78, 5) is 41.0. The molecule has 362 valence electrons. The van der Waals surface area contributed by atoms with Crippen LogP contribution >= 0.6 is 0 Å². The van der Waals surface area contributed by atoms with Crippen LogP contribution in [0.3, 0.4) is 0 Å². The predicted molar refractivity (Wildman–Crippen MR) is 298 cm³/mol. The third kappa shape index (κ3) is 9.10. The molecule has 12 rings (SSSR count). The van der Waals surface area contributed by atoms with Gasteiger partial charge in [0.25, 0.3) is 0 Å². The van der Waals surface area contributed by atoms with E-state index in [1.54, 1.807) is 46.1 Å². The molecular weight excluding hydrogens is 933 g/mol. The summed E-state index contributed by atoms with van der Waals surface area (Å²) in [7, 11) is 5.00. The molecule has 0 saturated carbocycles. The van der Waals surface area contributed by atoms with Crippen LogP contribution in [0.15, 0.2) is 189 Å². The summed E-state index contributed by atoms with van der Waals surface area (Å²) in [5.41, 5.74) is 17.7. The SMILES string of the molecule is COc1ccc(-c2c3nc(c(-c4ccc(OC)cc4)c4ccc([nH]4)c(-c4ccc(OC(=O)c5cc(-c6ccncc6)cc(-c6ccncc6)c5)cc4)c4nc(c(-c5ccc(OC)cc5)c5ccc2[nH]5)C=C4)C=C3)cc1. The molecule has 7 heterocycles. The molecule has 0 fully saturated rings. The predicted octanol–water partition coefficient (Wildman–Crippen LogP) is 14.7. The van der Waals surface area contributed by atoms with Gasteiger partial charge in [-0.3, -0.25) is 9.97 Å². The van der Waals surface area contributed by atoms with Gasteiger partial charge in [0.2, 0.25) is 0 Å². The number of esters is 1. The second-order valence-corrected chi connectivity index (χ2v) is 17.9. The molecule has 0 unspecified atom stereocenters. The summed E-state index contributed by atoms with van der Waals surface area (Å²) >= 11 is 0. The number of pyridine rings is 2. The smallest absolute Gasteiger partial charge is 0.343 e. The molecule has 10 aromatic rings. The van der Waals surface area contributed by atoms with E-state index in [4.69, 9.17) is 28.9 Å². The van der Waals surface area contributed by atoms with E-state index < -0.39 is 5.97 Å². The lowest BCUT2D eigenvalue weighted by Gasteiger charge is -2.11. The summed E-state index contributed by atoms with van der Waals surface area (Å²) in [5.74, 6) is 2.15. The molecule has 0 atom stereocenters. The maximum Gasteiger partial charge on any atom is 0.343 e. The van der Waals surface area contributed by atoms with Crippen molar-refractivity contribution in [3.8, 4) is 89.8 Å². The molecule has 2 aliphatic heterocycles. The Morgan fingerprint density at radius 1 is 0.347 bits per heavy atom. The molecule has 5 aromatic heterocycles. The molecule has 0 aliphatic carbocycles. The van der Waals surface area contributed by atoms with Gasteiger partial charge in [0.05, 0.1) is 49.7 Å². The number of methoxy groups -OCH3 is 3. The van der Waals surface area contributed by atoms with Crippen LogP contribution < -0.4 is 18.9 Å². The minimum atomic E-state index is -0.489. The summed E-state index contributed by atoms with van der Waals surface area (Å²) in [6, 6.07) is 53.4. The van der Waals surface area contributed by atoms with Crippen molar-refractivity contribution in [2.24, 2.45) is 0 Å². The van der Waals surface area contributed by atoms with Crippen molar-refractivity contribution in [1.82, 2.24) is 29.9 Å². The molecular formula is C64H46N6O5. The Morgan fingerprint density at radius 3 is 0.960 bits per heavy atom. The minimum absolute atomic E-state index is 0.386. The molecule has 75 heavy (non-hydrogen) atoms. The first kappa shape index (κ1) is 46.0. The van der Waals surface area contributed by atoms with E-state index in [0.717, 1.165) is 129 Å². The van der Waals surface area contributed by atoms with Crippen molar-refractivity contribution in [3.63, 3.8) is 0 Å². The van der Waals surface area contributed by atoms with Crippen molar-refractivity contribution in [2.45, 2.75) is 0 Å². The van der Waals surface area contributed by atoms with Gasteiger partial charge in [-0.05, 0) is 184 Å². The summed E-state index contributed by atoms with van der Waals surface area (Å²) < 4.78 is 22.9. The minimum Gasteiger partial charge on any atom is -0.497 e. The molecule has 0 saturated heterocycles. The van der Waals surface area contributed by atoms with E-state index in [1.807, 2.05) is 127 Å². The Labute approximate surface area is 432 Å². The first-order valence-corrected chi connectivity index (χ1v) is 24.3. The van der Waals surface area contributed by atoms with E-state index in [2.05, 4.69) is 80.6 Å². The molecule has 5 aromatic carbocycles. The molecule has 0 amide bonds. The number of fused-ring (bicyclic) bond motifs is 8. The van der Waals surface area contributed by atoms with Gasteiger partial charge in [0, 0.05) is 69.1 Å². The van der Waals surface area contributed by atoms with Crippen LogP contribution in [0.4, 0.5) is 0 Å². The Balaban J connectivity index is 1.05. The molecule has 2 N–H and O–H groups in total. The lowest BCUT2D eigenvalue weighted by Crippen LogP contribution is -2.09. The van der Waals surface area contributed by atoms with Crippen LogP contribution in [-0.4, -0.2) is 57.2 Å². The fourth-order valence-electron chi connectivity index (χ4n) is 9.72. The van der Waals surface area contributed by atoms with E-state index in [1.165, 1.54) is 0 Å². The van der Waals surface area contributed by atoms with Gasteiger partial charge in [-0.25, -0.2) is 14.8 Å². The number of hydrogen-bond acceptors (Lipinski definition) is 9. The van der Waals surface area contributed by atoms with Crippen LogP contribution in [0.1, 0.15) is 33.1 Å². The lowest BCUT2D eigenvalue weighted by molar-refractivity contribution is 0.0735. The number of H-pyrrole nitrogens is 2. The standard InChI is InChI=1S/C64H46N6O5/c1-72-48-12-4-41(5-13-48)60-52-20-22-54(67-52)61(42-6-14-49(73-2)15-7-42)56-24-26-58(69-56)63(59-27-25-57(70-59)62(55-23-21-53(60)68-55)43-8-16-50(74-3)17-9-43)44-10-18-51(19-11-44)75-64(71)47-37-45(39-28-32-65-33-29-39)36-46(38-47)40-30-34-66-35-31-40/h4-38,67,70H,1-3H3. The summed E-state index contributed by atoms with van der Waals surface area (Å²) in [6.45, 7) is 0. The number of ether oxygens (including phenoxy) is 4. The van der Waals surface area contributed by atoms with Gasteiger partial charge in [-0.15, -0.1) is 0 Å². The van der Waals surface area contributed by atoms with Gasteiger partial charge in [-0.1, -0.05) is 48.5 Å². The van der Waals surface area contributed by atoms with Gasteiger partial charge in [-0.2, -0.15) is 0 Å². The highest BCUT2D eigenvalue weighted by atomic mass is 16.5. The summed E-state index contributed by atoms with van der Waals surface area (Å²) in [5, 5.41) is 0. The van der Waals surface area contributed by atoms with E-state index >= 15 is 0 Å². The van der Waals surface area contributed by atoms with Crippen molar-refractivity contribution in [3.05, 3.63) is 217 Å². The Hall–Kier alpha value is -10.1. The van der Waals surface area contributed by atoms with E-state index in [-0.39, 0.29) is 0 Å². The van der Waals surface area contributed by atoms with Gasteiger partial charge >= 0.3 is 5.97 Å². The highest BCUT2D eigenvalue weighted by Gasteiger charge is 2.21. The molecule has 0 radical (unpaired) electrons. The van der Waals surface area contributed by atoms with Crippen LogP contribution in [0.25, 0.3) is 113 Å². The van der Waals surface area contributed by atoms with Crippen LogP contribution in [0.2, 0.25) is 0 Å². The second-order valence-electron chi connectivity index (χ2n) is 17.9. The highest BCUT2D eigenvalue weighted by Crippen LogP contribution is 2.40. The van der Waals surface area contributed by atoms with Gasteiger partial charge < -0.3 is 28.9 Å². The van der Waals surface area contributed by atoms with Gasteiger partial charge in [0.15, 0.2) is 0 Å². The van der Waals surface area contributed by atoms with Crippen LogP contribution in [0.5, 0.6) is 23.0 Å². The van der Waals surface area contributed by atoms with Crippen LogP contribution in [0, 0.1) is 0 Å². The zero-order chi connectivity index (χ0) is 50.8.